The van der Waals surface area contributed by atoms with Crippen LogP contribution in [-0.2, 0) is 9.59 Å². The van der Waals surface area contributed by atoms with Gasteiger partial charge >= 0.3 is 0 Å². The van der Waals surface area contributed by atoms with Gasteiger partial charge in [-0.1, -0.05) is 6.07 Å². The first-order chi connectivity index (χ1) is 9.81. The van der Waals surface area contributed by atoms with Crippen molar-refractivity contribution in [1.29, 1.82) is 0 Å². The van der Waals surface area contributed by atoms with Crippen LogP contribution in [0.3, 0.4) is 0 Å². The standard InChI is InChI=1S/C14H21N3O4/c1-8-11(4-5-13(16-8)17-10(3)19)14(21)12(20)6-7-15-9(2)18/h4-5,12,14,20-21H,6-7H2,1-3H3,(H,15,18)(H,16,17,19). The van der Waals surface area contributed by atoms with Crippen molar-refractivity contribution in [3.63, 3.8) is 0 Å². The zero-order valence-corrected chi connectivity index (χ0v) is 12.4. The number of pyridine rings is 1. The van der Waals surface area contributed by atoms with Crippen LogP contribution < -0.4 is 10.6 Å². The molecule has 0 aliphatic rings. The van der Waals surface area contributed by atoms with Crippen molar-refractivity contribution in [2.75, 3.05) is 11.9 Å². The Balaban J connectivity index is 2.70. The highest BCUT2D eigenvalue weighted by molar-refractivity contribution is 5.87. The van der Waals surface area contributed by atoms with Gasteiger partial charge in [0.15, 0.2) is 0 Å². The minimum Gasteiger partial charge on any atom is -0.390 e. The summed E-state index contributed by atoms with van der Waals surface area (Å²) in [6.07, 6.45) is -1.88. The summed E-state index contributed by atoms with van der Waals surface area (Å²) >= 11 is 0. The van der Waals surface area contributed by atoms with E-state index in [0.29, 0.717) is 17.1 Å². The third-order valence-corrected chi connectivity index (χ3v) is 2.93. The number of hydrogen-bond acceptors (Lipinski definition) is 5. The summed E-state index contributed by atoms with van der Waals surface area (Å²) in [4.78, 5) is 25.8. The van der Waals surface area contributed by atoms with E-state index >= 15 is 0 Å². The van der Waals surface area contributed by atoms with E-state index < -0.39 is 12.2 Å². The average molecular weight is 295 g/mol. The van der Waals surface area contributed by atoms with E-state index in [-0.39, 0.29) is 24.8 Å². The minimum atomic E-state index is -1.10. The summed E-state index contributed by atoms with van der Waals surface area (Å²) in [5.74, 6) is -0.0246. The summed E-state index contributed by atoms with van der Waals surface area (Å²) in [6, 6.07) is 3.17. The molecule has 0 saturated carbocycles. The molecule has 0 radical (unpaired) electrons. The fraction of sp³-hybridized carbons (Fsp3) is 0.500. The predicted octanol–water partition coefficient (Wildman–Crippen LogP) is 0.269. The van der Waals surface area contributed by atoms with Crippen molar-refractivity contribution in [3.05, 3.63) is 23.4 Å². The molecule has 2 unspecified atom stereocenters. The number of aliphatic hydroxyl groups is 2. The van der Waals surface area contributed by atoms with Crippen molar-refractivity contribution in [2.24, 2.45) is 0 Å². The average Bonchev–Trinajstić information content (AvgIpc) is 2.36. The molecule has 0 aliphatic carbocycles. The molecule has 116 valence electrons. The van der Waals surface area contributed by atoms with Gasteiger partial charge in [0.05, 0.1) is 6.10 Å². The summed E-state index contributed by atoms with van der Waals surface area (Å²) in [6.45, 7) is 4.73. The molecule has 0 bridgehead atoms. The van der Waals surface area contributed by atoms with E-state index in [1.807, 2.05) is 0 Å². The molecule has 2 amide bonds. The third kappa shape index (κ3) is 5.49. The van der Waals surface area contributed by atoms with Crippen LogP contribution in [-0.4, -0.2) is 39.7 Å². The van der Waals surface area contributed by atoms with Gasteiger partial charge in [0.2, 0.25) is 11.8 Å². The van der Waals surface area contributed by atoms with E-state index in [0.717, 1.165) is 0 Å². The molecule has 2 atom stereocenters. The van der Waals surface area contributed by atoms with Crippen LogP contribution in [0.2, 0.25) is 0 Å². The van der Waals surface area contributed by atoms with Gasteiger partial charge < -0.3 is 20.8 Å². The second-order valence-electron chi connectivity index (χ2n) is 4.84. The van der Waals surface area contributed by atoms with Crippen LogP contribution in [0.5, 0.6) is 0 Å². The fourth-order valence-electron chi connectivity index (χ4n) is 1.90. The first kappa shape index (κ1) is 17.1. The molecule has 0 saturated heterocycles. The Bertz CT molecular complexity index is 519. The van der Waals surface area contributed by atoms with Crippen molar-refractivity contribution >= 4 is 17.6 Å². The second-order valence-corrected chi connectivity index (χ2v) is 4.84. The van der Waals surface area contributed by atoms with Crippen LogP contribution in [0, 0.1) is 6.92 Å². The molecule has 7 heteroatoms. The van der Waals surface area contributed by atoms with Gasteiger partial charge in [-0.05, 0) is 19.4 Å². The van der Waals surface area contributed by atoms with Crippen LogP contribution >= 0.6 is 0 Å². The van der Waals surface area contributed by atoms with Crippen LogP contribution in [0.4, 0.5) is 5.82 Å². The van der Waals surface area contributed by atoms with E-state index in [1.165, 1.54) is 13.8 Å². The van der Waals surface area contributed by atoms with Gasteiger partial charge in [0.1, 0.15) is 11.9 Å². The number of carbonyl (C=O) groups is 2. The van der Waals surface area contributed by atoms with E-state index in [9.17, 15) is 19.8 Å². The highest BCUT2D eigenvalue weighted by Gasteiger charge is 2.20. The molecule has 7 nitrogen and oxygen atoms in total. The maximum atomic E-state index is 10.9. The summed E-state index contributed by atoms with van der Waals surface area (Å²) in [5.41, 5.74) is 1.01. The lowest BCUT2D eigenvalue weighted by Crippen LogP contribution is -2.28. The Morgan fingerprint density at radius 1 is 1.24 bits per heavy atom. The predicted molar refractivity (Wildman–Crippen MR) is 77.5 cm³/mol. The molecular weight excluding hydrogens is 274 g/mol. The second kappa shape index (κ2) is 7.70. The van der Waals surface area contributed by atoms with Crippen molar-refractivity contribution in [1.82, 2.24) is 10.3 Å². The molecular formula is C14H21N3O4. The van der Waals surface area contributed by atoms with Gasteiger partial charge in [-0.25, -0.2) is 4.98 Å². The lowest BCUT2D eigenvalue weighted by atomic mass is 10.0. The number of nitrogens with one attached hydrogen (secondary N) is 2. The number of carbonyl (C=O) groups excluding carboxylic acids is 2. The SMILES string of the molecule is CC(=O)NCCC(O)C(O)c1ccc(NC(C)=O)nc1C. The summed E-state index contributed by atoms with van der Waals surface area (Å²) in [5, 5.41) is 25.1. The number of nitrogens with zero attached hydrogens (tertiary/aromatic N) is 1. The molecule has 1 rings (SSSR count). The summed E-state index contributed by atoms with van der Waals surface area (Å²) < 4.78 is 0. The lowest BCUT2D eigenvalue weighted by molar-refractivity contribution is -0.119. The lowest BCUT2D eigenvalue weighted by Gasteiger charge is -2.20. The first-order valence-corrected chi connectivity index (χ1v) is 6.67. The Morgan fingerprint density at radius 2 is 1.90 bits per heavy atom. The molecule has 1 aromatic heterocycles. The first-order valence-electron chi connectivity index (χ1n) is 6.67. The zero-order valence-electron chi connectivity index (χ0n) is 12.4. The highest BCUT2D eigenvalue weighted by atomic mass is 16.3. The third-order valence-electron chi connectivity index (χ3n) is 2.93. The van der Waals surface area contributed by atoms with Gasteiger partial charge in [0, 0.05) is 31.6 Å². The molecule has 0 aliphatic heterocycles. The fourth-order valence-corrected chi connectivity index (χ4v) is 1.90. The Labute approximate surface area is 123 Å². The molecule has 4 N–H and O–H groups in total. The van der Waals surface area contributed by atoms with E-state index in [1.54, 1.807) is 19.1 Å². The topological polar surface area (TPSA) is 112 Å². The smallest absolute Gasteiger partial charge is 0.222 e. The molecule has 0 spiro atoms. The maximum Gasteiger partial charge on any atom is 0.222 e. The Morgan fingerprint density at radius 3 is 2.43 bits per heavy atom. The minimum absolute atomic E-state index is 0.186. The quantitative estimate of drug-likeness (QED) is 0.602. The summed E-state index contributed by atoms with van der Waals surface area (Å²) in [7, 11) is 0. The number of aromatic nitrogens is 1. The normalized spacial score (nSPS) is 13.4. The monoisotopic (exact) mass is 295 g/mol. The van der Waals surface area contributed by atoms with Crippen molar-refractivity contribution in [3.8, 4) is 0 Å². The molecule has 1 heterocycles. The van der Waals surface area contributed by atoms with E-state index in [4.69, 9.17) is 0 Å². The van der Waals surface area contributed by atoms with Gasteiger partial charge in [-0.3, -0.25) is 9.59 Å². The Kier molecular flexibility index (Phi) is 6.26. The molecule has 0 fully saturated rings. The largest absolute Gasteiger partial charge is 0.390 e. The molecule has 21 heavy (non-hydrogen) atoms. The number of aliphatic hydroxyl groups excluding tert-OH is 2. The number of anilines is 1. The van der Waals surface area contributed by atoms with Gasteiger partial charge in [-0.2, -0.15) is 0 Å². The van der Waals surface area contributed by atoms with Crippen LogP contribution in [0.1, 0.15) is 37.6 Å². The molecule has 1 aromatic rings. The van der Waals surface area contributed by atoms with Crippen molar-refractivity contribution in [2.45, 2.75) is 39.4 Å². The van der Waals surface area contributed by atoms with E-state index in [2.05, 4.69) is 15.6 Å². The highest BCUT2D eigenvalue weighted by Crippen LogP contribution is 2.22. The molecule has 0 aromatic carbocycles. The number of amides is 2. The van der Waals surface area contributed by atoms with Crippen LogP contribution in [0.15, 0.2) is 12.1 Å². The van der Waals surface area contributed by atoms with Gasteiger partial charge in [-0.15, -0.1) is 0 Å². The van der Waals surface area contributed by atoms with Gasteiger partial charge in [0.25, 0.3) is 0 Å². The number of aryl methyl sites for hydroxylation is 1. The van der Waals surface area contributed by atoms with Crippen molar-refractivity contribution < 1.29 is 19.8 Å². The number of rotatable bonds is 6. The maximum absolute atomic E-state index is 10.9. The zero-order chi connectivity index (χ0) is 16.0. The van der Waals surface area contributed by atoms with Crippen LogP contribution in [0.25, 0.3) is 0 Å². The Hall–Kier alpha value is -1.99. The number of hydrogen-bond donors (Lipinski definition) is 4.